The van der Waals surface area contributed by atoms with E-state index in [2.05, 4.69) is 5.32 Å². The van der Waals surface area contributed by atoms with Gasteiger partial charge in [0.05, 0.1) is 17.0 Å². The fourth-order valence-corrected chi connectivity index (χ4v) is 1.93. The Morgan fingerprint density at radius 1 is 1.32 bits per heavy atom. The van der Waals surface area contributed by atoms with Gasteiger partial charge in [-0.05, 0) is 24.1 Å². The van der Waals surface area contributed by atoms with E-state index in [0.717, 1.165) is 0 Å². The van der Waals surface area contributed by atoms with Gasteiger partial charge in [-0.1, -0.05) is 37.0 Å². The molecular formula is C13H15Cl2NO3. The van der Waals surface area contributed by atoms with Crippen molar-refractivity contribution in [3.63, 3.8) is 0 Å². The van der Waals surface area contributed by atoms with Crippen molar-refractivity contribution in [2.75, 3.05) is 0 Å². The van der Waals surface area contributed by atoms with Crippen LogP contribution in [-0.4, -0.2) is 23.0 Å². The van der Waals surface area contributed by atoms with Gasteiger partial charge in [-0.2, -0.15) is 0 Å². The molecule has 4 nitrogen and oxygen atoms in total. The number of aliphatic carboxylic acids is 1. The second kappa shape index (κ2) is 6.78. The molecule has 0 fully saturated rings. The van der Waals surface area contributed by atoms with Crippen molar-refractivity contribution < 1.29 is 14.7 Å². The third-order valence-corrected chi connectivity index (χ3v) is 3.25. The number of rotatable bonds is 5. The molecular weight excluding hydrogens is 289 g/mol. The summed E-state index contributed by atoms with van der Waals surface area (Å²) in [6.07, 6.45) is -0.137. The van der Waals surface area contributed by atoms with Crippen molar-refractivity contribution in [3.8, 4) is 0 Å². The van der Waals surface area contributed by atoms with Gasteiger partial charge in [-0.15, -0.1) is 0 Å². The maximum absolute atomic E-state index is 12.1. The number of carbonyl (C=O) groups excluding carboxylic acids is 1. The van der Waals surface area contributed by atoms with Crippen LogP contribution in [-0.2, 0) is 4.79 Å². The molecule has 0 bridgehead atoms. The molecule has 0 aliphatic rings. The van der Waals surface area contributed by atoms with Crippen LogP contribution >= 0.6 is 23.2 Å². The van der Waals surface area contributed by atoms with E-state index in [1.54, 1.807) is 6.07 Å². The quantitative estimate of drug-likeness (QED) is 0.877. The topological polar surface area (TPSA) is 66.4 Å². The molecule has 1 unspecified atom stereocenters. The first-order valence-electron chi connectivity index (χ1n) is 5.79. The van der Waals surface area contributed by atoms with Crippen LogP contribution in [0.15, 0.2) is 18.2 Å². The van der Waals surface area contributed by atoms with E-state index in [0.29, 0.717) is 5.02 Å². The number of hydrogen-bond donors (Lipinski definition) is 2. The highest BCUT2D eigenvalue weighted by Crippen LogP contribution is 2.21. The maximum atomic E-state index is 12.1. The molecule has 104 valence electrons. The van der Waals surface area contributed by atoms with E-state index in [-0.39, 0.29) is 22.9 Å². The van der Waals surface area contributed by atoms with E-state index in [9.17, 15) is 9.59 Å². The molecule has 0 aliphatic carbocycles. The van der Waals surface area contributed by atoms with E-state index >= 15 is 0 Å². The molecule has 0 radical (unpaired) electrons. The lowest BCUT2D eigenvalue weighted by molar-refractivity contribution is -0.137. The first kappa shape index (κ1) is 15.8. The number of hydrogen-bond acceptors (Lipinski definition) is 2. The van der Waals surface area contributed by atoms with Crippen molar-refractivity contribution in [2.45, 2.75) is 26.3 Å². The molecule has 0 aromatic heterocycles. The maximum Gasteiger partial charge on any atom is 0.305 e. The summed E-state index contributed by atoms with van der Waals surface area (Å²) < 4.78 is 0. The minimum atomic E-state index is -0.962. The number of carboxylic acid groups (broad SMARTS) is 1. The Morgan fingerprint density at radius 2 is 1.95 bits per heavy atom. The number of halogens is 2. The molecule has 1 amide bonds. The van der Waals surface area contributed by atoms with Gasteiger partial charge >= 0.3 is 5.97 Å². The van der Waals surface area contributed by atoms with Crippen LogP contribution < -0.4 is 5.32 Å². The summed E-state index contributed by atoms with van der Waals surface area (Å²) in [6.45, 7) is 3.68. The van der Waals surface area contributed by atoms with E-state index in [1.807, 2.05) is 13.8 Å². The van der Waals surface area contributed by atoms with Crippen LogP contribution in [0.2, 0.25) is 10.0 Å². The van der Waals surface area contributed by atoms with Crippen LogP contribution in [0.3, 0.4) is 0 Å². The number of carboxylic acids is 1. The first-order chi connectivity index (χ1) is 8.81. The number of carbonyl (C=O) groups is 2. The fraction of sp³-hybridized carbons (Fsp3) is 0.385. The average molecular weight is 304 g/mol. The molecule has 6 heteroatoms. The Balaban J connectivity index is 2.87. The van der Waals surface area contributed by atoms with Crippen LogP contribution in [0.5, 0.6) is 0 Å². The summed E-state index contributed by atoms with van der Waals surface area (Å²) in [7, 11) is 0. The number of benzene rings is 1. The molecule has 0 spiro atoms. The van der Waals surface area contributed by atoms with Gasteiger partial charge in [-0.25, -0.2) is 0 Å². The Hall–Kier alpha value is -1.26. The molecule has 1 aromatic carbocycles. The smallest absolute Gasteiger partial charge is 0.305 e. The summed E-state index contributed by atoms with van der Waals surface area (Å²) in [5.41, 5.74) is 0.241. The van der Waals surface area contributed by atoms with Gasteiger partial charge in [0.15, 0.2) is 0 Å². The van der Waals surface area contributed by atoms with Gasteiger partial charge in [-0.3, -0.25) is 9.59 Å². The van der Waals surface area contributed by atoms with Gasteiger partial charge < -0.3 is 10.4 Å². The molecule has 19 heavy (non-hydrogen) atoms. The van der Waals surface area contributed by atoms with Gasteiger partial charge in [0.1, 0.15) is 0 Å². The van der Waals surface area contributed by atoms with E-state index < -0.39 is 17.9 Å². The second-order valence-electron chi connectivity index (χ2n) is 4.55. The normalized spacial score (nSPS) is 12.3. The zero-order chi connectivity index (χ0) is 14.6. The van der Waals surface area contributed by atoms with Gasteiger partial charge in [0.25, 0.3) is 5.91 Å². The molecule has 1 atom stereocenters. The Morgan fingerprint density at radius 3 is 2.47 bits per heavy atom. The lowest BCUT2D eigenvalue weighted by Gasteiger charge is -2.21. The number of amides is 1. The Bertz CT molecular complexity index is 489. The van der Waals surface area contributed by atoms with Crippen LogP contribution in [0.25, 0.3) is 0 Å². The van der Waals surface area contributed by atoms with Crippen molar-refractivity contribution in [1.29, 1.82) is 0 Å². The standard InChI is InChI=1S/C13H15Cl2NO3/c1-7(2)11(6-12(17)18)16-13(19)9-5-8(14)3-4-10(9)15/h3-5,7,11H,6H2,1-2H3,(H,16,19)(H,17,18). The zero-order valence-corrected chi connectivity index (χ0v) is 12.1. The van der Waals surface area contributed by atoms with Crippen molar-refractivity contribution in [1.82, 2.24) is 5.32 Å². The fourth-order valence-electron chi connectivity index (χ4n) is 1.56. The predicted molar refractivity (Wildman–Crippen MR) is 74.8 cm³/mol. The monoisotopic (exact) mass is 303 g/mol. The van der Waals surface area contributed by atoms with E-state index in [4.69, 9.17) is 28.3 Å². The van der Waals surface area contributed by atoms with Crippen LogP contribution in [0, 0.1) is 5.92 Å². The molecule has 0 saturated carbocycles. The molecule has 0 heterocycles. The first-order valence-corrected chi connectivity index (χ1v) is 6.54. The van der Waals surface area contributed by atoms with E-state index in [1.165, 1.54) is 12.1 Å². The van der Waals surface area contributed by atoms with Crippen molar-refractivity contribution >= 4 is 35.1 Å². The summed E-state index contributed by atoms with van der Waals surface area (Å²) >= 11 is 11.7. The minimum absolute atomic E-state index is 0.00184. The van der Waals surface area contributed by atoms with Gasteiger partial charge in [0.2, 0.25) is 0 Å². The summed E-state index contributed by atoms with van der Waals surface area (Å²) in [4.78, 5) is 22.8. The SMILES string of the molecule is CC(C)C(CC(=O)O)NC(=O)c1cc(Cl)ccc1Cl. The highest BCUT2D eigenvalue weighted by molar-refractivity contribution is 6.35. The van der Waals surface area contributed by atoms with Crippen molar-refractivity contribution in [3.05, 3.63) is 33.8 Å². The molecule has 2 N–H and O–H groups in total. The summed E-state index contributed by atoms with van der Waals surface area (Å²) in [6, 6.07) is 4.11. The molecule has 0 aliphatic heterocycles. The summed E-state index contributed by atoms with van der Waals surface area (Å²) in [5, 5.41) is 12.2. The lowest BCUT2D eigenvalue weighted by Crippen LogP contribution is -2.40. The van der Waals surface area contributed by atoms with Crippen molar-refractivity contribution in [2.24, 2.45) is 5.92 Å². The second-order valence-corrected chi connectivity index (χ2v) is 5.39. The van der Waals surface area contributed by atoms with Gasteiger partial charge in [0, 0.05) is 11.1 Å². The largest absolute Gasteiger partial charge is 0.481 e. The predicted octanol–water partition coefficient (Wildman–Crippen LogP) is 3.22. The minimum Gasteiger partial charge on any atom is -0.481 e. The average Bonchev–Trinajstić information content (AvgIpc) is 2.30. The number of nitrogens with one attached hydrogen (secondary N) is 1. The lowest BCUT2D eigenvalue weighted by atomic mass is 10.0. The third-order valence-electron chi connectivity index (χ3n) is 2.69. The Labute approximate surface area is 121 Å². The molecule has 1 rings (SSSR count). The van der Waals surface area contributed by atoms with Crippen LogP contribution in [0.1, 0.15) is 30.6 Å². The molecule has 1 aromatic rings. The highest BCUT2D eigenvalue weighted by atomic mass is 35.5. The highest BCUT2D eigenvalue weighted by Gasteiger charge is 2.21. The van der Waals surface area contributed by atoms with Crippen LogP contribution in [0.4, 0.5) is 0 Å². The zero-order valence-electron chi connectivity index (χ0n) is 10.6. The molecule has 0 saturated heterocycles. The third kappa shape index (κ3) is 4.73. The Kier molecular flexibility index (Phi) is 5.63. The summed E-state index contributed by atoms with van der Waals surface area (Å²) in [5.74, 6) is -1.39.